The van der Waals surface area contributed by atoms with Gasteiger partial charge in [-0.2, -0.15) is 0 Å². The molecule has 0 bridgehead atoms. The van der Waals surface area contributed by atoms with E-state index in [1.807, 2.05) is 0 Å². The molecule has 1 aliphatic rings. The molecule has 64 heavy (non-hydrogen) atoms. The lowest BCUT2D eigenvalue weighted by atomic mass is 9.87. The lowest BCUT2D eigenvalue weighted by Crippen LogP contribution is -2.34. The summed E-state index contributed by atoms with van der Waals surface area (Å²) in [4.78, 5) is 59.1. The SMILES string of the molecule is CCCCC/C=C\C/C=C\C/C=C\C/C=C\CCCCCC(=O)O[C@H](COC(=O)CCCCC(=O)C[C@@H]1[C@@H](/C=C/[C@@H](O)CCCCC)[C@H](O)C[C@@H]1O)COP(=O)(O)OC[C@H](N)C(=O)O. The molecule has 1 fully saturated rings. The molecule has 366 valence electrons. The number of aliphatic hydroxyl groups is 3. The fourth-order valence-electron chi connectivity index (χ4n) is 6.93. The Hall–Kier alpha value is -3.27. The van der Waals surface area contributed by atoms with Crippen molar-refractivity contribution in [2.24, 2.45) is 17.6 Å². The fourth-order valence-corrected chi connectivity index (χ4v) is 7.70. The number of carbonyl (C=O) groups excluding carboxylic acids is 3. The second-order valence-electron chi connectivity index (χ2n) is 16.5. The monoisotopic (exact) mass is 926 g/mol. The van der Waals surface area contributed by atoms with Crippen LogP contribution in [0.25, 0.3) is 0 Å². The van der Waals surface area contributed by atoms with Gasteiger partial charge in [-0.1, -0.05) is 113 Å². The minimum absolute atomic E-state index is 0.0444. The highest BCUT2D eigenvalue weighted by atomic mass is 31.2. The van der Waals surface area contributed by atoms with Crippen LogP contribution in [0.15, 0.2) is 60.8 Å². The summed E-state index contributed by atoms with van der Waals surface area (Å²) in [6.07, 6.45) is 32.0. The number of unbranched alkanes of at least 4 members (excludes halogenated alkanes) is 9. The highest BCUT2D eigenvalue weighted by Crippen LogP contribution is 2.43. The van der Waals surface area contributed by atoms with E-state index in [9.17, 15) is 44.0 Å². The van der Waals surface area contributed by atoms with Crippen molar-refractivity contribution in [3.05, 3.63) is 60.8 Å². The van der Waals surface area contributed by atoms with Gasteiger partial charge in [0, 0.05) is 43.9 Å². The normalized spacial score (nSPS) is 20.4. The molecule has 0 aromatic rings. The third-order valence-electron chi connectivity index (χ3n) is 10.7. The molecule has 0 aromatic carbocycles. The molecule has 0 radical (unpaired) electrons. The number of aliphatic carboxylic acids is 1. The Morgan fingerprint density at radius 1 is 0.703 bits per heavy atom. The maximum absolute atomic E-state index is 12.8. The smallest absolute Gasteiger partial charge is 0.472 e. The number of ketones is 1. The van der Waals surface area contributed by atoms with Gasteiger partial charge in [0.2, 0.25) is 0 Å². The van der Waals surface area contributed by atoms with Crippen LogP contribution in [0.1, 0.15) is 155 Å². The van der Waals surface area contributed by atoms with Crippen molar-refractivity contribution in [3.63, 3.8) is 0 Å². The maximum Gasteiger partial charge on any atom is 0.472 e. The summed E-state index contributed by atoms with van der Waals surface area (Å²) >= 11 is 0. The summed E-state index contributed by atoms with van der Waals surface area (Å²) in [5.41, 5.74) is 5.33. The summed E-state index contributed by atoms with van der Waals surface area (Å²) in [6.45, 7) is 2.25. The number of esters is 2. The van der Waals surface area contributed by atoms with E-state index < -0.39 is 87.8 Å². The van der Waals surface area contributed by atoms with E-state index in [0.717, 1.165) is 64.2 Å². The Morgan fingerprint density at radius 3 is 1.88 bits per heavy atom. The van der Waals surface area contributed by atoms with Gasteiger partial charge in [0.05, 0.1) is 31.5 Å². The van der Waals surface area contributed by atoms with Crippen molar-refractivity contribution in [1.82, 2.24) is 0 Å². The van der Waals surface area contributed by atoms with Gasteiger partial charge in [-0.3, -0.25) is 28.2 Å². The van der Waals surface area contributed by atoms with Gasteiger partial charge in [0.1, 0.15) is 18.4 Å². The van der Waals surface area contributed by atoms with E-state index >= 15 is 0 Å². The lowest BCUT2D eigenvalue weighted by Gasteiger charge is -2.20. The van der Waals surface area contributed by atoms with Crippen molar-refractivity contribution in [2.75, 3.05) is 19.8 Å². The third kappa shape index (κ3) is 30.8. The Bertz CT molecular complexity index is 1500. The molecule has 16 heteroatoms. The summed E-state index contributed by atoms with van der Waals surface area (Å²) in [5.74, 6) is -3.84. The second-order valence-corrected chi connectivity index (χ2v) is 18.0. The highest BCUT2D eigenvalue weighted by molar-refractivity contribution is 7.47. The number of phosphoric ester groups is 1. The topological polar surface area (TPSA) is 249 Å². The van der Waals surface area contributed by atoms with Crippen LogP contribution in [-0.4, -0.2) is 99.3 Å². The number of ether oxygens (including phenoxy) is 2. The number of carboxylic acid groups (broad SMARTS) is 1. The average molecular weight is 926 g/mol. The lowest BCUT2D eigenvalue weighted by molar-refractivity contribution is -0.161. The van der Waals surface area contributed by atoms with Gasteiger partial charge in [0.25, 0.3) is 0 Å². The molecule has 8 atom stereocenters. The molecule has 15 nitrogen and oxygen atoms in total. The predicted octanol–water partition coefficient (Wildman–Crippen LogP) is 8.29. The molecular weight excluding hydrogens is 845 g/mol. The van der Waals surface area contributed by atoms with Crippen LogP contribution in [0.4, 0.5) is 0 Å². The van der Waals surface area contributed by atoms with Crippen LogP contribution in [-0.2, 0) is 42.3 Å². The van der Waals surface area contributed by atoms with Crippen molar-refractivity contribution in [1.29, 1.82) is 0 Å². The summed E-state index contributed by atoms with van der Waals surface area (Å²) < 4.78 is 32.6. The Kier molecular flexibility index (Phi) is 33.9. The zero-order chi connectivity index (χ0) is 47.4. The molecule has 1 unspecified atom stereocenters. The Labute approximate surface area is 381 Å². The number of aliphatic hydroxyl groups excluding tert-OH is 3. The zero-order valence-corrected chi connectivity index (χ0v) is 39.3. The first-order chi connectivity index (χ1) is 30.7. The minimum atomic E-state index is -4.82. The van der Waals surface area contributed by atoms with Gasteiger partial charge in [-0.15, -0.1) is 0 Å². The highest BCUT2D eigenvalue weighted by Gasteiger charge is 2.41. The molecule has 7 N–H and O–H groups in total. The van der Waals surface area contributed by atoms with Gasteiger partial charge in [0.15, 0.2) is 6.10 Å². The summed E-state index contributed by atoms with van der Waals surface area (Å²) in [6, 6.07) is -1.59. The number of Topliss-reactive ketones (excluding diaryl/α,β-unsaturated/α-hetero) is 1. The molecule has 0 saturated heterocycles. The summed E-state index contributed by atoms with van der Waals surface area (Å²) in [5, 5.41) is 40.2. The van der Waals surface area contributed by atoms with Crippen molar-refractivity contribution < 1.29 is 67.6 Å². The molecule has 0 aromatic heterocycles. The van der Waals surface area contributed by atoms with Crippen LogP contribution in [0.2, 0.25) is 0 Å². The van der Waals surface area contributed by atoms with Crippen molar-refractivity contribution >= 4 is 31.5 Å². The Balaban J connectivity index is 2.51. The maximum atomic E-state index is 12.8. The number of nitrogens with two attached hydrogens (primary N) is 1. The molecular formula is C48H80NO14P. The van der Waals surface area contributed by atoms with E-state index in [0.29, 0.717) is 25.7 Å². The van der Waals surface area contributed by atoms with E-state index in [1.165, 1.54) is 19.3 Å². The zero-order valence-electron chi connectivity index (χ0n) is 38.4. The standard InChI is InChI=1S/C48H80NO14P/c1-3-5-7-8-9-10-11-12-13-14-15-16-17-18-19-20-21-22-24-30-47(55)63-40(36-61-64(58,59)62-37-43(49)48(56)57)35-60-46(54)29-26-25-28-39(51)33-42-41(44(52)34-45(42)53)32-31-38(50)27-23-6-4-2/h9-10,12-13,15-16,18-19,31-32,38,40-45,50,52-53H,3-8,11,14,17,20-30,33-37,49H2,1-2H3,(H,56,57)(H,58,59)/b10-9-,13-12-,16-15-,19-18-,32-31+/t38-,40+,41+,42+,43-,44+,45-/m0/s1. The first-order valence-corrected chi connectivity index (χ1v) is 25.0. The molecule has 0 amide bonds. The average Bonchev–Trinajstić information content (AvgIpc) is 3.52. The quantitative estimate of drug-likeness (QED) is 0.0147. The minimum Gasteiger partial charge on any atom is -0.480 e. The molecule has 0 spiro atoms. The van der Waals surface area contributed by atoms with Gasteiger partial charge in [-0.25, -0.2) is 4.57 Å². The fraction of sp³-hybridized carbons (Fsp3) is 0.708. The third-order valence-corrected chi connectivity index (χ3v) is 11.7. The first kappa shape index (κ1) is 58.7. The van der Waals surface area contributed by atoms with Crippen LogP contribution in [0.3, 0.4) is 0 Å². The largest absolute Gasteiger partial charge is 0.480 e. The molecule has 1 aliphatic carbocycles. The van der Waals surface area contributed by atoms with Crippen LogP contribution in [0, 0.1) is 11.8 Å². The molecule has 1 rings (SSSR count). The molecule has 1 saturated carbocycles. The number of carbonyl (C=O) groups is 4. The predicted molar refractivity (Wildman–Crippen MR) is 247 cm³/mol. The van der Waals surface area contributed by atoms with E-state index in [-0.39, 0.29) is 37.9 Å². The Morgan fingerprint density at radius 2 is 1.25 bits per heavy atom. The van der Waals surface area contributed by atoms with Crippen molar-refractivity contribution in [2.45, 2.75) is 186 Å². The first-order valence-electron chi connectivity index (χ1n) is 23.5. The molecule has 0 heterocycles. The summed E-state index contributed by atoms with van der Waals surface area (Å²) in [7, 11) is -4.82. The number of allylic oxidation sites excluding steroid dienone is 8. The van der Waals surface area contributed by atoms with Gasteiger partial charge >= 0.3 is 25.7 Å². The number of phosphoric acid groups is 1. The molecule has 0 aliphatic heterocycles. The number of hydrogen-bond acceptors (Lipinski definition) is 13. The van der Waals surface area contributed by atoms with Gasteiger partial charge < -0.3 is 40.5 Å². The van der Waals surface area contributed by atoms with E-state index in [2.05, 4.69) is 67.0 Å². The van der Waals surface area contributed by atoms with E-state index in [4.69, 9.17) is 24.8 Å². The second kappa shape index (κ2) is 36.9. The number of rotatable bonds is 39. The van der Waals surface area contributed by atoms with Crippen LogP contribution in [0.5, 0.6) is 0 Å². The van der Waals surface area contributed by atoms with Crippen molar-refractivity contribution in [3.8, 4) is 0 Å². The van der Waals surface area contributed by atoms with E-state index in [1.54, 1.807) is 12.2 Å². The number of hydrogen-bond donors (Lipinski definition) is 6. The number of carboxylic acids is 1. The van der Waals surface area contributed by atoms with Gasteiger partial charge in [-0.05, 0) is 70.6 Å². The van der Waals surface area contributed by atoms with Crippen LogP contribution >= 0.6 is 7.82 Å². The van der Waals surface area contributed by atoms with Crippen LogP contribution < -0.4 is 5.73 Å².